The second-order valence-corrected chi connectivity index (χ2v) is 22.2. The highest BCUT2D eigenvalue weighted by Crippen LogP contribution is 2.36. The first-order valence-corrected chi connectivity index (χ1v) is 26.3. The summed E-state index contributed by atoms with van der Waals surface area (Å²) in [6.45, 7) is 13.7. The molecule has 5 heterocycles. The number of phenolic OH excluding ortho intramolecular Hbond substituents is 1. The Labute approximate surface area is 431 Å². The van der Waals surface area contributed by atoms with Gasteiger partial charge in [-0.1, -0.05) is 81.4 Å². The summed E-state index contributed by atoms with van der Waals surface area (Å²) in [5, 5.41) is 35.7. The van der Waals surface area contributed by atoms with E-state index in [0.717, 1.165) is 70.6 Å². The van der Waals surface area contributed by atoms with Crippen LogP contribution in [0.15, 0.2) is 96.8 Å². The lowest BCUT2D eigenvalue weighted by molar-refractivity contribution is -0.144. The van der Waals surface area contributed by atoms with Crippen LogP contribution in [-0.4, -0.2) is 108 Å². The topological polar surface area (TPSA) is 216 Å². The zero-order valence-corrected chi connectivity index (χ0v) is 43.3. The predicted molar refractivity (Wildman–Crippen MR) is 285 cm³/mol. The van der Waals surface area contributed by atoms with Crippen LogP contribution in [-0.2, 0) is 27.3 Å². The Kier molecular flexibility index (Phi) is 15.1. The maximum absolute atomic E-state index is 14.3. The van der Waals surface area contributed by atoms with Gasteiger partial charge in [-0.3, -0.25) is 14.4 Å². The standard InChI is InChI=1S/C56H67N11O5S/c1-33-29-65(46-25-45(63-64-51(46)57)44-9-7-8-10-48(44)69)30-34(2)67(33)55-59-27-42(28-60-55)39-17-11-36(12-18-39)23-37-13-21-41(22-14-37)52(70)62-50(56(4,5)6)54(72)66-31-43(68)24-47(66)53(71)58-26-38-15-19-40(20-16-38)49-35(3)61-32-73-49/h7-12,15-20,25,27-28,32-34,37,41,43,47,50,68-69H,13-14,21-24,26,29-31H2,1-6H3,(H2,57,64)(H,58,71)(H,62,70)/t33?,34?,37-,41+,43-,47+,50-/m1/s1. The van der Waals surface area contributed by atoms with Crippen molar-refractivity contribution in [1.82, 2.24) is 40.7 Å². The van der Waals surface area contributed by atoms with Gasteiger partial charge < -0.3 is 41.3 Å². The Morgan fingerprint density at radius 1 is 0.822 bits per heavy atom. The number of benzene rings is 3. The fourth-order valence-corrected chi connectivity index (χ4v) is 11.6. The van der Waals surface area contributed by atoms with Gasteiger partial charge in [-0.05, 0) is 105 Å². The maximum atomic E-state index is 14.3. The molecule has 16 nitrogen and oxygen atoms in total. The van der Waals surface area contributed by atoms with Gasteiger partial charge >= 0.3 is 0 Å². The number of aromatic nitrogens is 5. The van der Waals surface area contributed by atoms with E-state index in [1.807, 2.05) is 88.1 Å². The zero-order valence-electron chi connectivity index (χ0n) is 42.5. The molecule has 6 aromatic rings. The summed E-state index contributed by atoms with van der Waals surface area (Å²) >= 11 is 1.59. The van der Waals surface area contributed by atoms with Crippen LogP contribution in [0.3, 0.4) is 0 Å². The lowest BCUT2D eigenvalue weighted by Gasteiger charge is -2.45. The summed E-state index contributed by atoms with van der Waals surface area (Å²) in [7, 11) is 0. The van der Waals surface area contributed by atoms with Crippen LogP contribution in [0.2, 0.25) is 0 Å². The second kappa shape index (κ2) is 21.6. The number of aromatic hydroxyl groups is 1. The molecule has 382 valence electrons. The lowest BCUT2D eigenvalue weighted by Crippen LogP contribution is -2.58. The lowest BCUT2D eigenvalue weighted by atomic mass is 9.78. The number of β-amino-alcohol motifs (C(OH)–C–C–N with tert-alkyl or cyclic N) is 1. The van der Waals surface area contributed by atoms with Gasteiger partial charge in [-0.2, -0.15) is 0 Å². The monoisotopic (exact) mass is 1010 g/mol. The molecule has 1 saturated carbocycles. The fourth-order valence-electron chi connectivity index (χ4n) is 10.8. The number of piperazine rings is 1. The van der Waals surface area contributed by atoms with Crippen molar-refractivity contribution in [2.45, 2.75) is 117 Å². The first-order valence-electron chi connectivity index (χ1n) is 25.4. The number of carbonyl (C=O) groups excluding carboxylic acids is 3. The quantitative estimate of drug-likeness (QED) is 0.0755. The van der Waals surface area contributed by atoms with Crippen molar-refractivity contribution in [3.05, 3.63) is 114 Å². The van der Waals surface area contributed by atoms with Gasteiger partial charge in [0.15, 0.2) is 5.82 Å². The summed E-state index contributed by atoms with van der Waals surface area (Å²) in [5.41, 5.74) is 15.6. The molecule has 3 aromatic carbocycles. The molecule has 2 unspecified atom stereocenters. The molecule has 6 N–H and O–H groups in total. The van der Waals surface area contributed by atoms with Crippen LogP contribution < -0.4 is 26.2 Å². The molecule has 2 saturated heterocycles. The third kappa shape index (κ3) is 11.5. The smallest absolute Gasteiger partial charge is 0.246 e. The molecule has 3 aliphatic rings. The summed E-state index contributed by atoms with van der Waals surface area (Å²) in [6.07, 6.45) is 7.21. The average Bonchev–Trinajstić information content (AvgIpc) is 4.00. The average molecular weight is 1010 g/mol. The Bertz CT molecular complexity index is 2890. The molecule has 3 fully saturated rings. The Hall–Kier alpha value is -6.98. The number of para-hydroxylation sites is 1. The van der Waals surface area contributed by atoms with Crippen molar-refractivity contribution >= 4 is 46.5 Å². The van der Waals surface area contributed by atoms with Gasteiger partial charge in [0.2, 0.25) is 23.7 Å². The Morgan fingerprint density at radius 3 is 2.12 bits per heavy atom. The first-order chi connectivity index (χ1) is 35.0. The van der Waals surface area contributed by atoms with Gasteiger partial charge in [0.1, 0.15) is 17.8 Å². The summed E-state index contributed by atoms with van der Waals surface area (Å²) < 4.78 is 0. The van der Waals surface area contributed by atoms with Gasteiger partial charge in [0, 0.05) is 74.1 Å². The molecule has 0 bridgehead atoms. The molecule has 5 atom stereocenters. The third-order valence-corrected chi connectivity index (χ3v) is 15.8. The number of aryl methyl sites for hydroxylation is 1. The number of anilines is 3. The number of nitrogens with one attached hydrogen (secondary N) is 2. The van der Waals surface area contributed by atoms with Crippen molar-refractivity contribution < 1.29 is 24.6 Å². The number of carbonyl (C=O) groups is 3. The van der Waals surface area contributed by atoms with Crippen molar-refractivity contribution in [3.8, 4) is 38.6 Å². The highest BCUT2D eigenvalue weighted by molar-refractivity contribution is 7.13. The van der Waals surface area contributed by atoms with Crippen LogP contribution in [0, 0.1) is 24.2 Å². The molecule has 3 amide bonds. The van der Waals surface area contributed by atoms with Crippen LogP contribution in [0.25, 0.3) is 32.8 Å². The van der Waals surface area contributed by atoms with E-state index in [0.29, 0.717) is 42.0 Å². The molecule has 0 spiro atoms. The van der Waals surface area contributed by atoms with Crippen molar-refractivity contribution in [2.24, 2.45) is 17.3 Å². The van der Waals surface area contributed by atoms with Crippen LogP contribution in [0.1, 0.15) is 83.5 Å². The Morgan fingerprint density at radius 2 is 1.48 bits per heavy atom. The highest BCUT2D eigenvalue weighted by atomic mass is 32.1. The van der Waals surface area contributed by atoms with Crippen LogP contribution >= 0.6 is 11.3 Å². The molecule has 0 radical (unpaired) electrons. The fraction of sp³-hybridized carbons (Fsp3) is 0.429. The molecule has 9 rings (SSSR count). The molecule has 17 heteroatoms. The van der Waals surface area contributed by atoms with E-state index >= 15 is 0 Å². The zero-order chi connectivity index (χ0) is 51.6. The van der Waals surface area contributed by atoms with Gasteiger partial charge in [-0.15, -0.1) is 21.5 Å². The minimum absolute atomic E-state index is 0.0288. The molecule has 3 aromatic heterocycles. The molecular formula is C56H67N11O5S. The van der Waals surface area contributed by atoms with Crippen molar-refractivity contribution in [3.63, 3.8) is 0 Å². The molecular weight excluding hydrogens is 939 g/mol. The number of nitrogens with zero attached hydrogens (tertiary/aromatic N) is 8. The summed E-state index contributed by atoms with van der Waals surface area (Å²) in [4.78, 5) is 62.8. The van der Waals surface area contributed by atoms with E-state index in [-0.39, 0.29) is 61.0 Å². The second-order valence-electron chi connectivity index (χ2n) is 21.3. The van der Waals surface area contributed by atoms with E-state index in [1.165, 1.54) is 10.5 Å². The van der Waals surface area contributed by atoms with Crippen LogP contribution in [0.5, 0.6) is 5.75 Å². The molecule has 2 aliphatic heterocycles. The number of hydrogen-bond donors (Lipinski definition) is 5. The predicted octanol–water partition coefficient (Wildman–Crippen LogP) is 7.58. The first kappa shape index (κ1) is 50.9. The number of likely N-dealkylation sites (tertiary alicyclic amines) is 1. The summed E-state index contributed by atoms with van der Waals surface area (Å²) in [6, 6.07) is 23.9. The number of aliphatic hydroxyl groups excluding tert-OH is 1. The molecule has 73 heavy (non-hydrogen) atoms. The number of thiazole rings is 1. The van der Waals surface area contributed by atoms with E-state index in [4.69, 9.17) is 15.7 Å². The number of nitrogens with two attached hydrogens (primary N) is 1. The van der Waals surface area contributed by atoms with Gasteiger partial charge in [0.25, 0.3) is 0 Å². The maximum Gasteiger partial charge on any atom is 0.246 e. The minimum atomic E-state index is -0.868. The number of amides is 3. The normalized spacial score (nSPS) is 21.7. The van der Waals surface area contributed by atoms with E-state index in [1.54, 1.807) is 23.5 Å². The van der Waals surface area contributed by atoms with E-state index in [9.17, 15) is 24.6 Å². The van der Waals surface area contributed by atoms with E-state index < -0.39 is 23.6 Å². The molecule has 1 aliphatic carbocycles. The third-order valence-electron chi connectivity index (χ3n) is 14.8. The number of hydrogen-bond acceptors (Lipinski definition) is 14. The summed E-state index contributed by atoms with van der Waals surface area (Å²) in [5.74, 6) is 0.528. The number of rotatable bonds is 13. The van der Waals surface area contributed by atoms with Crippen LogP contribution in [0.4, 0.5) is 17.5 Å². The van der Waals surface area contributed by atoms with E-state index in [2.05, 4.69) is 73.7 Å². The van der Waals surface area contributed by atoms with Gasteiger partial charge in [0.05, 0.1) is 33.6 Å². The largest absolute Gasteiger partial charge is 0.507 e. The van der Waals surface area contributed by atoms with Gasteiger partial charge in [-0.25, -0.2) is 15.0 Å². The number of nitrogen functional groups attached to an aromatic ring is 1. The van der Waals surface area contributed by atoms with Crippen molar-refractivity contribution in [2.75, 3.05) is 35.2 Å². The van der Waals surface area contributed by atoms with Crippen molar-refractivity contribution in [1.29, 1.82) is 0 Å². The number of aliphatic hydroxyl groups is 1. The number of phenols is 1. The minimum Gasteiger partial charge on any atom is -0.507 e. The highest BCUT2D eigenvalue weighted by Gasteiger charge is 2.45. The SMILES string of the molecule is Cc1ncsc1-c1ccc(CNC(=O)[C@@H]2C[C@@H](O)CN2C(=O)[C@@H](NC(=O)[C@H]2CC[C@@H](Cc3ccc(-c4cnc(N5C(C)CN(c6cc(-c7ccccc7O)nnc6N)CC5C)nc4)cc3)CC2)C(C)(C)C)cc1. The Balaban J connectivity index is 0.749.